The lowest BCUT2D eigenvalue weighted by molar-refractivity contribution is 0.0637. The molecule has 21 heavy (non-hydrogen) atoms. The summed E-state index contributed by atoms with van der Waals surface area (Å²) in [4.78, 5) is 18.0. The SMILES string of the molecule is CCCN(C(=O)c1ccncc1F)C1CCNCC1.Cl.Cl. The van der Waals surface area contributed by atoms with Crippen LogP contribution in [0.2, 0.25) is 0 Å². The highest BCUT2D eigenvalue weighted by atomic mass is 35.5. The zero-order chi connectivity index (χ0) is 13.7. The second-order valence-electron chi connectivity index (χ2n) is 4.84. The van der Waals surface area contributed by atoms with Gasteiger partial charge in [-0.15, -0.1) is 24.8 Å². The Balaban J connectivity index is 0.00000200. The van der Waals surface area contributed by atoms with Crippen molar-refractivity contribution < 1.29 is 9.18 Å². The number of halogens is 3. The van der Waals surface area contributed by atoms with E-state index in [1.807, 2.05) is 11.8 Å². The van der Waals surface area contributed by atoms with Gasteiger partial charge in [0.15, 0.2) is 5.82 Å². The maximum atomic E-state index is 13.7. The molecule has 1 amide bonds. The molecule has 0 atom stereocenters. The van der Waals surface area contributed by atoms with Crippen molar-refractivity contribution >= 4 is 30.7 Å². The van der Waals surface area contributed by atoms with Gasteiger partial charge in [-0.25, -0.2) is 4.39 Å². The number of hydrogen-bond donors (Lipinski definition) is 1. The van der Waals surface area contributed by atoms with Crippen LogP contribution in [-0.2, 0) is 0 Å². The summed E-state index contributed by atoms with van der Waals surface area (Å²) in [6.07, 6.45) is 5.29. The van der Waals surface area contributed by atoms with Gasteiger partial charge in [0.25, 0.3) is 5.91 Å². The summed E-state index contributed by atoms with van der Waals surface area (Å²) in [5, 5.41) is 3.28. The molecular formula is C14H22Cl2FN3O. The smallest absolute Gasteiger partial charge is 0.257 e. The van der Waals surface area contributed by atoms with E-state index >= 15 is 0 Å². The van der Waals surface area contributed by atoms with Gasteiger partial charge in [-0.2, -0.15) is 0 Å². The lowest BCUT2D eigenvalue weighted by Gasteiger charge is -2.34. The average molecular weight is 338 g/mol. The van der Waals surface area contributed by atoms with Gasteiger partial charge in [0.05, 0.1) is 11.8 Å². The second-order valence-corrected chi connectivity index (χ2v) is 4.84. The first-order chi connectivity index (χ1) is 9.24. The third-order valence-electron chi connectivity index (χ3n) is 3.48. The van der Waals surface area contributed by atoms with E-state index in [4.69, 9.17) is 0 Å². The Bertz CT molecular complexity index is 442. The third kappa shape index (κ3) is 5.09. The first-order valence-electron chi connectivity index (χ1n) is 6.85. The number of carbonyl (C=O) groups is 1. The summed E-state index contributed by atoms with van der Waals surface area (Å²) in [6, 6.07) is 1.67. The van der Waals surface area contributed by atoms with Crippen LogP contribution in [0.15, 0.2) is 18.5 Å². The largest absolute Gasteiger partial charge is 0.335 e. The van der Waals surface area contributed by atoms with Crippen LogP contribution in [0.1, 0.15) is 36.5 Å². The molecule has 1 aromatic rings. The third-order valence-corrected chi connectivity index (χ3v) is 3.48. The molecule has 0 radical (unpaired) electrons. The Kier molecular flexibility index (Phi) is 9.49. The lowest BCUT2D eigenvalue weighted by atomic mass is 10.0. The minimum absolute atomic E-state index is 0. The number of carbonyl (C=O) groups excluding carboxylic acids is 1. The van der Waals surface area contributed by atoms with E-state index in [9.17, 15) is 9.18 Å². The highest BCUT2D eigenvalue weighted by Crippen LogP contribution is 2.17. The van der Waals surface area contributed by atoms with Gasteiger partial charge in [-0.1, -0.05) is 6.92 Å². The van der Waals surface area contributed by atoms with Gasteiger partial charge in [0.2, 0.25) is 0 Å². The molecule has 1 aromatic heterocycles. The fourth-order valence-corrected chi connectivity index (χ4v) is 2.51. The molecule has 1 saturated heterocycles. The van der Waals surface area contributed by atoms with Crippen LogP contribution in [0.4, 0.5) is 4.39 Å². The Morgan fingerprint density at radius 3 is 2.67 bits per heavy atom. The van der Waals surface area contributed by atoms with Gasteiger partial charge in [-0.05, 0) is 38.4 Å². The molecule has 4 nitrogen and oxygen atoms in total. The van der Waals surface area contributed by atoms with Crippen LogP contribution >= 0.6 is 24.8 Å². The average Bonchev–Trinajstić information content (AvgIpc) is 2.45. The Morgan fingerprint density at radius 1 is 1.43 bits per heavy atom. The van der Waals surface area contributed by atoms with E-state index in [0.29, 0.717) is 6.54 Å². The molecule has 0 unspecified atom stereocenters. The first-order valence-corrected chi connectivity index (χ1v) is 6.85. The molecule has 2 rings (SSSR count). The number of piperidine rings is 1. The molecule has 7 heteroatoms. The predicted molar refractivity (Wildman–Crippen MR) is 85.9 cm³/mol. The molecule has 2 heterocycles. The summed E-state index contributed by atoms with van der Waals surface area (Å²) in [7, 11) is 0. The highest BCUT2D eigenvalue weighted by Gasteiger charge is 2.26. The molecule has 0 aliphatic carbocycles. The quantitative estimate of drug-likeness (QED) is 0.918. The zero-order valence-corrected chi connectivity index (χ0v) is 13.7. The van der Waals surface area contributed by atoms with Crippen molar-refractivity contribution in [2.24, 2.45) is 0 Å². The summed E-state index contributed by atoms with van der Waals surface area (Å²) < 4.78 is 13.7. The van der Waals surface area contributed by atoms with E-state index < -0.39 is 5.82 Å². The number of nitrogens with one attached hydrogen (secondary N) is 1. The van der Waals surface area contributed by atoms with Crippen LogP contribution in [-0.4, -0.2) is 41.5 Å². The zero-order valence-electron chi connectivity index (χ0n) is 12.0. The van der Waals surface area contributed by atoms with Crippen LogP contribution in [0, 0.1) is 5.82 Å². The highest BCUT2D eigenvalue weighted by molar-refractivity contribution is 5.94. The molecule has 1 fully saturated rings. The molecule has 120 valence electrons. The standard InChI is InChI=1S/C14H20FN3O.2ClH/c1-2-9-18(11-3-6-16-7-4-11)14(19)12-5-8-17-10-13(12)15;;/h5,8,10-11,16H,2-4,6-7,9H2,1H3;2*1H. The minimum atomic E-state index is -0.539. The summed E-state index contributed by atoms with van der Waals surface area (Å²) in [6.45, 7) is 4.53. The van der Waals surface area contributed by atoms with E-state index in [1.165, 1.54) is 12.3 Å². The maximum absolute atomic E-state index is 13.7. The van der Waals surface area contributed by atoms with Crippen molar-refractivity contribution in [3.8, 4) is 0 Å². The van der Waals surface area contributed by atoms with Crippen molar-refractivity contribution in [2.45, 2.75) is 32.2 Å². The van der Waals surface area contributed by atoms with Crippen LogP contribution in [0.5, 0.6) is 0 Å². The van der Waals surface area contributed by atoms with Gasteiger partial charge in [0, 0.05) is 18.8 Å². The Morgan fingerprint density at radius 2 is 2.10 bits per heavy atom. The first kappa shape index (κ1) is 20.1. The van der Waals surface area contributed by atoms with Gasteiger partial charge in [-0.3, -0.25) is 9.78 Å². The molecule has 1 aliphatic rings. The second kappa shape index (κ2) is 9.92. The lowest BCUT2D eigenvalue weighted by Crippen LogP contribution is -2.46. The molecule has 1 aliphatic heterocycles. The minimum Gasteiger partial charge on any atom is -0.335 e. The predicted octanol–water partition coefficient (Wildman–Crippen LogP) is 2.67. The van der Waals surface area contributed by atoms with Gasteiger partial charge in [0.1, 0.15) is 0 Å². The Labute approximate surface area is 137 Å². The number of aromatic nitrogens is 1. The maximum Gasteiger partial charge on any atom is 0.257 e. The Hall–Kier alpha value is -0.910. The van der Waals surface area contributed by atoms with E-state index in [-0.39, 0.29) is 42.3 Å². The number of nitrogens with zero attached hydrogens (tertiary/aromatic N) is 2. The number of pyridine rings is 1. The van der Waals surface area contributed by atoms with Crippen molar-refractivity contribution in [3.63, 3.8) is 0 Å². The van der Waals surface area contributed by atoms with Crippen molar-refractivity contribution in [3.05, 3.63) is 29.8 Å². The van der Waals surface area contributed by atoms with E-state index in [2.05, 4.69) is 10.3 Å². The van der Waals surface area contributed by atoms with E-state index in [0.717, 1.165) is 38.5 Å². The number of amides is 1. The molecule has 0 aromatic carbocycles. The monoisotopic (exact) mass is 337 g/mol. The fourth-order valence-electron chi connectivity index (χ4n) is 2.51. The molecule has 0 saturated carbocycles. The fraction of sp³-hybridized carbons (Fsp3) is 0.571. The van der Waals surface area contributed by atoms with Gasteiger partial charge < -0.3 is 10.2 Å². The van der Waals surface area contributed by atoms with Crippen molar-refractivity contribution in [1.82, 2.24) is 15.2 Å². The normalized spacial score (nSPS) is 14.8. The summed E-state index contributed by atoms with van der Waals surface area (Å²) in [5.74, 6) is -0.754. The molecule has 0 bridgehead atoms. The van der Waals surface area contributed by atoms with Crippen LogP contribution in [0.3, 0.4) is 0 Å². The molecular weight excluding hydrogens is 316 g/mol. The summed E-state index contributed by atoms with van der Waals surface area (Å²) in [5.41, 5.74) is 0.127. The van der Waals surface area contributed by atoms with E-state index in [1.54, 1.807) is 0 Å². The van der Waals surface area contributed by atoms with Crippen molar-refractivity contribution in [1.29, 1.82) is 0 Å². The summed E-state index contributed by atoms with van der Waals surface area (Å²) >= 11 is 0. The van der Waals surface area contributed by atoms with Crippen LogP contribution < -0.4 is 5.32 Å². The number of rotatable bonds is 4. The van der Waals surface area contributed by atoms with Crippen LogP contribution in [0.25, 0.3) is 0 Å². The number of hydrogen-bond acceptors (Lipinski definition) is 3. The van der Waals surface area contributed by atoms with Gasteiger partial charge >= 0.3 is 0 Å². The van der Waals surface area contributed by atoms with Crippen molar-refractivity contribution in [2.75, 3.05) is 19.6 Å². The molecule has 1 N–H and O–H groups in total. The molecule has 0 spiro atoms. The topological polar surface area (TPSA) is 45.2 Å².